The molecular formula is C5H11Sn. The van der Waals surface area contributed by atoms with E-state index < -0.39 is 0 Å². The van der Waals surface area contributed by atoms with E-state index in [0.717, 1.165) is 0 Å². The maximum atomic E-state index is 3.89. The van der Waals surface area contributed by atoms with E-state index in [1.807, 2.05) is 0 Å². The van der Waals surface area contributed by atoms with Crippen molar-refractivity contribution in [2.24, 2.45) is 0 Å². The van der Waals surface area contributed by atoms with Crippen molar-refractivity contribution >= 4 is 25.2 Å². The van der Waals surface area contributed by atoms with E-state index in [2.05, 4.69) is 11.4 Å². The molecule has 0 aliphatic carbocycles. The number of unbranched alkanes of at least 4 members (excludes halogenated alkanes) is 1. The van der Waals surface area contributed by atoms with Crippen molar-refractivity contribution in [3.8, 4) is 0 Å². The molecule has 35 valence electrons. The molecule has 0 saturated carbocycles. The molecule has 0 heterocycles. The number of hydrogen-bond acceptors (Lipinski definition) is 0. The second-order valence-corrected chi connectivity index (χ2v) is 4.21. The van der Waals surface area contributed by atoms with E-state index in [0.29, 0.717) is 0 Å². The Kier molecular flexibility index (Phi) is 6.30. The van der Waals surface area contributed by atoms with E-state index in [1.54, 1.807) is 0 Å². The van der Waals surface area contributed by atoms with Crippen LogP contribution in [0.2, 0.25) is 4.44 Å². The molecule has 0 rings (SSSR count). The van der Waals surface area contributed by atoms with Crippen LogP contribution in [0, 0.1) is 0 Å². The Morgan fingerprint density at radius 2 is 2.33 bits per heavy atom. The molecule has 0 nitrogen and oxygen atoms in total. The SMILES string of the molecule is [CH2]=[Sn][CH2]CCC. The first kappa shape index (κ1) is 6.67. The predicted octanol–water partition coefficient (Wildman–Crippen LogP) is 1.34. The molecule has 1 heteroatoms. The van der Waals surface area contributed by atoms with Gasteiger partial charge in [0.05, 0.1) is 0 Å². The summed E-state index contributed by atoms with van der Waals surface area (Å²) in [7, 11) is 0. The van der Waals surface area contributed by atoms with Crippen molar-refractivity contribution in [2.45, 2.75) is 24.2 Å². The van der Waals surface area contributed by atoms with E-state index >= 15 is 0 Å². The molecule has 0 aromatic heterocycles. The minimum absolute atomic E-state index is 0.0603. The Morgan fingerprint density at radius 1 is 1.67 bits per heavy atom. The van der Waals surface area contributed by atoms with Gasteiger partial charge in [0, 0.05) is 0 Å². The quantitative estimate of drug-likeness (QED) is 0.465. The second kappa shape index (κ2) is 5.67. The molecule has 6 heavy (non-hydrogen) atoms. The summed E-state index contributed by atoms with van der Waals surface area (Å²) >= 11 is -0.0603. The monoisotopic (exact) mass is 191 g/mol. The third-order valence-electron chi connectivity index (χ3n) is 0.707. The van der Waals surface area contributed by atoms with Gasteiger partial charge >= 0.3 is 49.4 Å². The van der Waals surface area contributed by atoms with Gasteiger partial charge in [0.25, 0.3) is 0 Å². The van der Waals surface area contributed by atoms with Crippen molar-refractivity contribution in [3.05, 3.63) is 0 Å². The minimum atomic E-state index is -0.0603. The van der Waals surface area contributed by atoms with Gasteiger partial charge in [0.2, 0.25) is 0 Å². The van der Waals surface area contributed by atoms with Crippen LogP contribution in [0.25, 0.3) is 0 Å². The molecule has 0 N–H and O–H groups in total. The summed E-state index contributed by atoms with van der Waals surface area (Å²) in [6.45, 7) is 2.23. The molecule has 0 spiro atoms. The molecule has 0 aliphatic heterocycles. The molecule has 1 radical (unpaired) electrons. The molecule has 0 aromatic carbocycles. The normalized spacial score (nSPS) is 8.17. The average Bonchev–Trinajstić information content (AvgIpc) is 1.61. The van der Waals surface area contributed by atoms with E-state index in [-0.39, 0.29) is 20.7 Å². The third-order valence-corrected chi connectivity index (χ3v) is 2.73. The van der Waals surface area contributed by atoms with E-state index in [1.165, 1.54) is 17.3 Å². The van der Waals surface area contributed by atoms with E-state index in [4.69, 9.17) is 0 Å². The zero-order valence-electron chi connectivity index (χ0n) is 4.33. The first-order valence-corrected chi connectivity index (χ1v) is 6.45. The second-order valence-electron chi connectivity index (χ2n) is 1.35. The third kappa shape index (κ3) is 4.67. The molecule has 0 bridgehead atoms. The Morgan fingerprint density at radius 3 is 2.50 bits per heavy atom. The Bertz CT molecular complexity index is 32.9. The summed E-state index contributed by atoms with van der Waals surface area (Å²) in [4.78, 5) is 0. The fourth-order valence-electron chi connectivity index (χ4n) is 0.302. The fraction of sp³-hybridized carbons (Fsp3) is 0.800. The van der Waals surface area contributed by atoms with E-state index in [9.17, 15) is 0 Å². The van der Waals surface area contributed by atoms with Crippen LogP contribution in [0.1, 0.15) is 19.8 Å². The zero-order valence-corrected chi connectivity index (χ0v) is 7.18. The van der Waals surface area contributed by atoms with Crippen LogP contribution < -0.4 is 0 Å². The Labute approximate surface area is 49.7 Å². The maximum absolute atomic E-state index is 3.89. The van der Waals surface area contributed by atoms with Gasteiger partial charge in [-0.25, -0.2) is 0 Å². The van der Waals surface area contributed by atoms with Crippen molar-refractivity contribution in [1.29, 1.82) is 0 Å². The van der Waals surface area contributed by atoms with Crippen LogP contribution in [0.4, 0.5) is 0 Å². The molecule has 0 fully saturated rings. The summed E-state index contributed by atoms with van der Waals surface area (Å²) in [6, 6.07) is 0. The van der Waals surface area contributed by atoms with Crippen molar-refractivity contribution in [2.75, 3.05) is 0 Å². The van der Waals surface area contributed by atoms with Gasteiger partial charge in [-0.1, -0.05) is 0 Å². The van der Waals surface area contributed by atoms with Crippen LogP contribution in [-0.2, 0) is 0 Å². The van der Waals surface area contributed by atoms with Gasteiger partial charge in [0.15, 0.2) is 0 Å². The van der Waals surface area contributed by atoms with Crippen LogP contribution in [0.15, 0.2) is 0 Å². The van der Waals surface area contributed by atoms with Gasteiger partial charge in [-0.2, -0.15) is 0 Å². The van der Waals surface area contributed by atoms with Crippen LogP contribution >= 0.6 is 0 Å². The molecule has 0 aromatic rings. The standard InChI is InChI=1S/C4H9.CH2.Sn/c1-3-4-2;;/h1,3-4H2,2H3;1H2;. The van der Waals surface area contributed by atoms with Crippen molar-refractivity contribution in [1.82, 2.24) is 0 Å². The Hall–Kier alpha value is 0.669. The number of rotatable bonds is 3. The van der Waals surface area contributed by atoms with Gasteiger partial charge in [-0.3, -0.25) is 0 Å². The van der Waals surface area contributed by atoms with Crippen molar-refractivity contribution < 1.29 is 0 Å². The van der Waals surface area contributed by atoms with Gasteiger partial charge in [0.1, 0.15) is 0 Å². The van der Waals surface area contributed by atoms with Gasteiger partial charge in [-0.05, 0) is 0 Å². The average molecular weight is 190 g/mol. The van der Waals surface area contributed by atoms with Gasteiger partial charge in [-0.15, -0.1) is 0 Å². The summed E-state index contributed by atoms with van der Waals surface area (Å²) in [6.07, 6.45) is 2.78. The van der Waals surface area contributed by atoms with Crippen LogP contribution in [0.5, 0.6) is 0 Å². The molecule has 0 atom stereocenters. The Balaban J connectivity index is 2.49. The number of hydrogen-bond donors (Lipinski definition) is 0. The topological polar surface area (TPSA) is 0 Å². The first-order chi connectivity index (χ1) is 2.91. The summed E-state index contributed by atoms with van der Waals surface area (Å²) in [5, 5.41) is 0. The van der Waals surface area contributed by atoms with Crippen LogP contribution in [0.3, 0.4) is 0 Å². The van der Waals surface area contributed by atoms with Crippen LogP contribution in [-0.4, -0.2) is 25.2 Å². The summed E-state index contributed by atoms with van der Waals surface area (Å²) in [5.74, 6) is 0. The molecule has 0 unspecified atom stereocenters. The van der Waals surface area contributed by atoms with Gasteiger partial charge < -0.3 is 0 Å². The molecule has 0 saturated heterocycles. The van der Waals surface area contributed by atoms with Crippen molar-refractivity contribution in [3.63, 3.8) is 0 Å². The molecule has 0 aliphatic rings. The predicted molar refractivity (Wildman–Crippen MR) is 32.6 cm³/mol. The first-order valence-electron chi connectivity index (χ1n) is 2.41. The molecular weight excluding hydrogens is 179 g/mol. The molecule has 0 amide bonds. The zero-order chi connectivity index (χ0) is 4.83. The summed E-state index contributed by atoms with van der Waals surface area (Å²) < 4.78 is 5.37. The fourth-order valence-corrected chi connectivity index (χ4v) is 2.02. The summed E-state index contributed by atoms with van der Waals surface area (Å²) in [5.41, 5.74) is 0.